The van der Waals surface area contributed by atoms with E-state index in [1.807, 2.05) is 36.4 Å². The van der Waals surface area contributed by atoms with Crippen molar-refractivity contribution in [2.75, 3.05) is 20.3 Å². The Morgan fingerprint density at radius 3 is 2.07 bits per heavy atom. The van der Waals surface area contributed by atoms with Crippen molar-refractivity contribution in [1.82, 2.24) is 0 Å². The van der Waals surface area contributed by atoms with Gasteiger partial charge < -0.3 is 14.2 Å². The molecule has 0 bridgehead atoms. The number of hydrogen-bond acceptors (Lipinski definition) is 6. The van der Waals surface area contributed by atoms with Gasteiger partial charge in [-0.05, 0) is 92.9 Å². The van der Waals surface area contributed by atoms with E-state index in [0.717, 1.165) is 42.1 Å². The molecule has 0 spiro atoms. The summed E-state index contributed by atoms with van der Waals surface area (Å²) in [6.07, 6.45) is 3.73. The standard InChI is InChI=1S/C24H28O5S/c1-18(2)23(25)29-17-7-5-4-6-16-28-21-10-8-19(9-11-21)24(26)30-22-14-12-20(27-3)13-15-22/h8-15H,1,4-7,16-17H2,2-3H3. The predicted octanol–water partition coefficient (Wildman–Crippen LogP) is 5.69. The molecule has 0 fully saturated rings. The first-order chi connectivity index (χ1) is 14.5. The van der Waals surface area contributed by atoms with E-state index in [9.17, 15) is 9.59 Å². The molecule has 160 valence electrons. The molecule has 0 amide bonds. The maximum atomic E-state index is 12.4. The molecule has 0 saturated carbocycles. The van der Waals surface area contributed by atoms with E-state index in [1.54, 1.807) is 26.2 Å². The maximum absolute atomic E-state index is 12.4. The van der Waals surface area contributed by atoms with Crippen LogP contribution in [0.1, 0.15) is 43.0 Å². The van der Waals surface area contributed by atoms with Crippen LogP contribution >= 0.6 is 11.8 Å². The van der Waals surface area contributed by atoms with Crippen LogP contribution in [-0.4, -0.2) is 31.4 Å². The van der Waals surface area contributed by atoms with Crippen LogP contribution in [0.4, 0.5) is 0 Å². The van der Waals surface area contributed by atoms with Crippen molar-refractivity contribution in [3.05, 3.63) is 66.2 Å². The zero-order valence-corrected chi connectivity index (χ0v) is 18.3. The number of benzene rings is 2. The van der Waals surface area contributed by atoms with Gasteiger partial charge in [-0.3, -0.25) is 4.79 Å². The molecule has 2 aromatic carbocycles. The Labute approximate surface area is 182 Å². The second-order valence-electron chi connectivity index (χ2n) is 6.77. The highest BCUT2D eigenvalue weighted by Gasteiger charge is 2.09. The highest BCUT2D eigenvalue weighted by molar-refractivity contribution is 8.14. The van der Waals surface area contributed by atoms with Crippen LogP contribution in [-0.2, 0) is 9.53 Å². The number of rotatable bonds is 12. The fourth-order valence-corrected chi connectivity index (χ4v) is 3.27. The minimum absolute atomic E-state index is 0.0148. The number of ether oxygens (including phenoxy) is 3. The van der Waals surface area contributed by atoms with E-state index in [2.05, 4.69) is 6.58 Å². The first kappa shape index (κ1) is 23.5. The van der Waals surface area contributed by atoms with Gasteiger partial charge in [-0.15, -0.1) is 0 Å². The number of unbranched alkanes of at least 4 members (excludes halogenated alkanes) is 3. The molecule has 0 radical (unpaired) electrons. The Morgan fingerprint density at radius 2 is 1.47 bits per heavy atom. The quantitative estimate of drug-likeness (QED) is 0.187. The lowest BCUT2D eigenvalue weighted by atomic mass is 10.2. The molecule has 6 heteroatoms. The topological polar surface area (TPSA) is 61.8 Å². The molecular formula is C24H28O5S. The molecule has 5 nitrogen and oxygen atoms in total. The third-order valence-electron chi connectivity index (χ3n) is 4.25. The van der Waals surface area contributed by atoms with Crippen LogP contribution in [0.15, 0.2) is 65.6 Å². The fourth-order valence-electron chi connectivity index (χ4n) is 2.53. The zero-order valence-electron chi connectivity index (χ0n) is 17.5. The average molecular weight is 429 g/mol. The highest BCUT2D eigenvalue weighted by atomic mass is 32.2. The van der Waals surface area contributed by atoms with Crippen molar-refractivity contribution < 1.29 is 23.8 Å². The molecule has 0 heterocycles. The van der Waals surface area contributed by atoms with Crippen molar-refractivity contribution in [1.29, 1.82) is 0 Å². The second kappa shape index (κ2) is 12.8. The van der Waals surface area contributed by atoms with Crippen LogP contribution in [0.2, 0.25) is 0 Å². The van der Waals surface area contributed by atoms with Crippen molar-refractivity contribution in [2.45, 2.75) is 37.5 Å². The smallest absolute Gasteiger partial charge is 0.333 e. The number of carbonyl (C=O) groups is 2. The first-order valence-corrected chi connectivity index (χ1v) is 10.7. The summed E-state index contributed by atoms with van der Waals surface area (Å²) < 4.78 is 15.9. The van der Waals surface area contributed by atoms with Gasteiger partial charge in [0.2, 0.25) is 5.12 Å². The molecule has 0 aliphatic heterocycles. The lowest BCUT2D eigenvalue weighted by molar-refractivity contribution is -0.139. The molecule has 0 aliphatic rings. The van der Waals surface area contributed by atoms with E-state index < -0.39 is 0 Å². The van der Waals surface area contributed by atoms with E-state index in [1.165, 1.54) is 11.8 Å². The number of esters is 1. The normalized spacial score (nSPS) is 10.3. The highest BCUT2D eigenvalue weighted by Crippen LogP contribution is 2.26. The number of thioether (sulfide) groups is 1. The summed E-state index contributed by atoms with van der Waals surface area (Å²) in [6.45, 7) is 6.23. The summed E-state index contributed by atoms with van der Waals surface area (Å²) in [6, 6.07) is 14.6. The van der Waals surface area contributed by atoms with Gasteiger partial charge in [0.25, 0.3) is 0 Å². The summed E-state index contributed by atoms with van der Waals surface area (Å²) in [5, 5.41) is -0.0148. The van der Waals surface area contributed by atoms with Crippen molar-refractivity contribution in [3.63, 3.8) is 0 Å². The van der Waals surface area contributed by atoms with Crippen molar-refractivity contribution in [2.24, 2.45) is 0 Å². The largest absolute Gasteiger partial charge is 0.497 e. The van der Waals surface area contributed by atoms with E-state index in [4.69, 9.17) is 14.2 Å². The third kappa shape index (κ3) is 8.33. The molecule has 30 heavy (non-hydrogen) atoms. The molecule has 0 saturated heterocycles. The van der Waals surface area contributed by atoms with Crippen LogP contribution in [0.25, 0.3) is 0 Å². The fraction of sp³-hybridized carbons (Fsp3) is 0.333. The van der Waals surface area contributed by atoms with Gasteiger partial charge in [-0.1, -0.05) is 6.58 Å². The summed E-state index contributed by atoms with van der Waals surface area (Å²) in [7, 11) is 1.61. The van der Waals surface area contributed by atoms with E-state index >= 15 is 0 Å². The molecule has 2 aromatic rings. The van der Waals surface area contributed by atoms with Gasteiger partial charge in [-0.25, -0.2) is 4.79 Å². The SMILES string of the molecule is C=C(C)C(=O)OCCCCCCOc1ccc(C(=O)Sc2ccc(OC)cc2)cc1. The average Bonchev–Trinajstić information content (AvgIpc) is 2.76. The van der Waals surface area contributed by atoms with Gasteiger partial charge in [-0.2, -0.15) is 0 Å². The van der Waals surface area contributed by atoms with Crippen molar-refractivity contribution in [3.8, 4) is 11.5 Å². The lowest BCUT2D eigenvalue weighted by Gasteiger charge is -2.08. The number of hydrogen-bond donors (Lipinski definition) is 0. The van der Waals surface area contributed by atoms with Crippen LogP contribution in [0.3, 0.4) is 0 Å². The molecule has 0 unspecified atom stereocenters. The minimum Gasteiger partial charge on any atom is -0.497 e. The van der Waals surface area contributed by atoms with Crippen molar-refractivity contribution >= 4 is 22.8 Å². The summed E-state index contributed by atoms with van der Waals surface area (Å²) in [5.41, 5.74) is 1.06. The molecular weight excluding hydrogens is 400 g/mol. The van der Waals surface area contributed by atoms with Gasteiger partial charge in [0, 0.05) is 16.0 Å². The van der Waals surface area contributed by atoms with Crippen LogP contribution < -0.4 is 9.47 Å². The Kier molecular flexibility index (Phi) is 10.0. The first-order valence-electron chi connectivity index (χ1n) is 9.91. The van der Waals surface area contributed by atoms with Gasteiger partial charge in [0.15, 0.2) is 0 Å². The predicted molar refractivity (Wildman–Crippen MR) is 119 cm³/mol. The van der Waals surface area contributed by atoms with Gasteiger partial charge in [0.05, 0.1) is 20.3 Å². The van der Waals surface area contributed by atoms with Gasteiger partial charge in [0.1, 0.15) is 11.5 Å². The minimum atomic E-state index is -0.331. The molecule has 2 rings (SSSR count). The lowest BCUT2D eigenvalue weighted by Crippen LogP contribution is -2.06. The van der Waals surface area contributed by atoms with Crippen LogP contribution in [0.5, 0.6) is 11.5 Å². The number of carbonyl (C=O) groups excluding carboxylic acids is 2. The molecule has 0 atom stereocenters. The monoisotopic (exact) mass is 428 g/mol. The van der Waals surface area contributed by atoms with Gasteiger partial charge >= 0.3 is 5.97 Å². The zero-order chi connectivity index (χ0) is 21.8. The summed E-state index contributed by atoms with van der Waals surface area (Å²) >= 11 is 1.18. The molecule has 0 N–H and O–H groups in total. The molecule has 0 aromatic heterocycles. The Balaban J connectivity index is 1.63. The van der Waals surface area contributed by atoms with Crippen LogP contribution in [0, 0.1) is 0 Å². The summed E-state index contributed by atoms with van der Waals surface area (Å²) in [5.74, 6) is 1.18. The van der Waals surface area contributed by atoms with E-state index in [-0.39, 0.29) is 11.1 Å². The molecule has 0 aliphatic carbocycles. The number of methoxy groups -OCH3 is 1. The Bertz CT molecular complexity index is 828. The van der Waals surface area contributed by atoms with E-state index in [0.29, 0.717) is 24.4 Å². The third-order valence-corrected chi connectivity index (χ3v) is 5.18. The maximum Gasteiger partial charge on any atom is 0.333 e. The summed E-state index contributed by atoms with van der Waals surface area (Å²) in [4.78, 5) is 24.5. The Morgan fingerprint density at radius 1 is 0.867 bits per heavy atom. The second-order valence-corrected chi connectivity index (χ2v) is 7.81. The Hall–Kier alpha value is -2.73.